The average molecular weight is 271 g/mol. The number of benzene rings is 1. The first-order valence-corrected chi connectivity index (χ1v) is 7.95. The lowest BCUT2D eigenvalue weighted by Crippen LogP contribution is -2.42. The first kappa shape index (κ1) is 12.4. The molecule has 1 N–H and O–H groups in total. The molecule has 0 heterocycles. The summed E-state index contributed by atoms with van der Waals surface area (Å²) in [5.74, 6) is 2.78. The predicted octanol–water partition coefficient (Wildman–Crippen LogP) is 3.93. The second kappa shape index (κ2) is 4.09. The molecule has 20 heavy (non-hydrogen) atoms. The van der Waals surface area contributed by atoms with E-state index in [2.05, 4.69) is 13.0 Å². The summed E-state index contributed by atoms with van der Waals surface area (Å²) in [6, 6.07) is 5.90. The number of phenolic OH excluding ortho intramolecular Hbond substituents is 1. The summed E-state index contributed by atoms with van der Waals surface area (Å²) in [7, 11) is 0. The molecule has 3 aliphatic rings. The van der Waals surface area contributed by atoms with Gasteiger partial charge in [0.05, 0.1) is 0 Å². The largest absolute Gasteiger partial charge is 1.00 e. The van der Waals surface area contributed by atoms with Crippen LogP contribution >= 0.6 is 0 Å². The Morgan fingerprint density at radius 1 is 1.25 bits per heavy atom. The number of carbonyl (C=O) groups is 1. The summed E-state index contributed by atoms with van der Waals surface area (Å²) in [6.07, 6.45) is 6.34. The van der Waals surface area contributed by atoms with Gasteiger partial charge in [-0.3, -0.25) is 4.79 Å². The van der Waals surface area contributed by atoms with E-state index in [1.54, 1.807) is 0 Å². The standard InChI is InChI=1S/C18H22O2/c1-18-9-8-14-13-5-3-12(19)10-11(13)2-4-15(14)16(18)6-7-17(18)20/h3,5,10,14-16,19H,2,4,6-9H2,1H3/p+1/t14-,15-,16+,18+/m1/s1. The lowest BCUT2D eigenvalue weighted by molar-refractivity contribution is -0.129. The second-order valence-electron chi connectivity index (χ2n) is 7.22. The topological polar surface area (TPSA) is 37.3 Å². The fraction of sp³-hybridized carbons (Fsp3) is 0.611. The molecule has 0 radical (unpaired) electrons. The van der Waals surface area contributed by atoms with Crippen LogP contribution in [0.5, 0.6) is 5.75 Å². The highest BCUT2D eigenvalue weighted by molar-refractivity contribution is 5.87. The maximum Gasteiger partial charge on any atom is 1.00 e. The van der Waals surface area contributed by atoms with Gasteiger partial charge in [-0.1, -0.05) is 13.0 Å². The number of ketones is 1. The molecule has 1 aromatic rings. The van der Waals surface area contributed by atoms with Gasteiger partial charge in [0, 0.05) is 11.8 Å². The third-order valence-electron chi connectivity index (χ3n) is 6.42. The van der Waals surface area contributed by atoms with Crippen molar-refractivity contribution in [2.45, 2.75) is 51.4 Å². The average Bonchev–Trinajstić information content (AvgIpc) is 2.74. The fourth-order valence-electron chi connectivity index (χ4n) is 5.34. The molecule has 2 fully saturated rings. The molecule has 0 aliphatic heterocycles. The van der Waals surface area contributed by atoms with Crippen molar-refractivity contribution in [2.75, 3.05) is 0 Å². The number of fused-ring (bicyclic) bond motifs is 5. The molecule has 1 aromatic carbocycles. The van der Waals surface area contributed by atoms with Gasteiger partial charge in [0.15, 0.2) is 0 Å². The summed E-state index contributed by atoms with van der Waals surface area (Å²) in [4.78, 5) is 12.3. The highest BCUT2D eigenvalue weighted by atomic mass is 16.3. The molecule has 0 bridgehead atoms. The molecule has 2 saturated carbocycles. The van der Waals surface area contributed by atoms with E-state index >= 15 is 0 Å². The van der Waals surface area contributed by atoms with E-state index in [4.69, 9.17) is 0 Å². The Hall–Kier alpha value is -1.31. The van der Waals surface area contributed by atoms with Crippen LogP contribution in [0.15, 0.2) is 18.2 Å². The van der Waals surface area contributed by atoms with E-state index in [1.807, 2.05) is 12.1 Å². The van der Waals surface area contributed by atoms with Gasteiger partial charge in [-0.2, -0.15) is 0 Å². The number of aromatic hydroxyl groups is 1. The van der Waals surface area contributed by atoms with Crippen molar-refractivity contribution in [2.24, 2.45) is 17.3 Å². The number of hydrogen-bond acceptors (Lipinski definition) is 2. The van der Waals surface area contributed by atoms with Gasteiger partial charge in [-0.25, -0.2) is 0 Å². The third kappa shape index (κ3) is 1.54. The highest BCUT2D eigenvalue weighted by Gasteiger charge is 2.54. The van der Waals surface area contributed by atoms with Crippen molar-refractivity contribution in [3.8, 4) is 5.75 Å². The molecule has 0 spiro atoms. The number of hydrogen-bond donors (Lipinski definition) is 1. The molecule has 0 amide bonds. The Bertz CT molecular complexity index is 583. The van der Waals surface area contributed by atoms with Crippen molar-refractivity contribution in [1.29, 1.82) is 0 Å². The minimum absolute atomic E-state index is 0. The summed E-state index contributed by atoms with van der Waals surface area (Å²) < 4.78 is 0. The molecular formula is C18H23O2+. The Balaban J connectivity index is 0.00000132. The SMILES string of the molecule is C[C@]12CC[C@@H]3c4ccc(O)cc4CC[C@H]3[C@@H]1CCC2=O.[H+]. The third-order valence-corrected chi connectivity index (χ3v) is 6.42. The highest BCUT2D eigenvalue weighted by Crippen LogP contribution is 2.59. The maximum atomic E-state index is 12.3. The van der Waals surface area contributed by atoms with Crippen molar-refractivity contribution >= 4 is 5.78 Å². The zero-order valence-corrected chi connectivity index (χ0v) is 12.1. The van der Waals surface area contributed by atoms with E-state index in [0.717, 1.165) is 32.1 Å². The monoisotopic (exact) mass is 271 g/mol. The Kier molecular flexibility index (Phi) is 2.55. The minimum atomic E-state index is -0.0322. The molecular weight excluding hydrogens is 248 g/mol. The number of carbonyl (C=O) groups excluding carboxylic acids is 1. The van der Waals surface area contributed by atoms with Crippen LogP contribution in [0.4, 0.5) is 0 Å². The zero-order chi connectivity index (χ0) is 13.9. The zero-order valence-electron chi connectivity index (χ0n) is 13.1. The molecule has 4 atom stereocenters. The van der Waals surface area contributed by atoms with E-state index in [0.29, 0.717) is 29.3 Å². The lowest BCUT2D eigenvalue weighted by atomic mass is 9.55. The van der Waals surface area contributed by atoms with Crippen molar-refractivity contribution < 1.29 is 11.3 Å². The predicted molar refractivity (Wildman–Crippen MR) is 78.8 cm³/mol. The normalized spacial score (nSPS) is 39.0. The van der Waals surface area contributed by atoms with Gasteiger partial charge in [0.25, 0.3) is 0 Å². The number of rotatable bonds is 0. The molecule has 2 nitrogen and oxygen atoms in total. The maximum absolute atomic E-state index is 12.3. The van der Waals surface area contributed by atoms with E-state index in [-0.39, 0.29) is 6.84 Å². The summed E-state index contributed by atoms with van der Waals surface area (Å²) in [6.45, 7) is 2.22. The molecule has 2 heteroatoms. The molecule has 4 rings (SSSR count). The number of Topliss-reactive ketones (excluding diaryl/α,β-unsaturated/α-hetero) is 1. The van der Waals surface area contributed by atoms with Crippen LogP contribution in [0.3, 0.4) is 0 Å². The Morgan fingerprint density at radius 3 is 2.95 bits per heavy atom. The Morgan fingerprint density at radius 2 is 2.10 bits per heavy atom. The molecule has 0 saturated heterocycles. The molecule has 0 aromatic heterocycles. The van der Waals surface area contributed by atoms with Gasteiger partial charge in [-0.05, 0) is 73.1 Å². The quantitative estimate of drug-likeness (QED) is 0.776. The van der Waals surface area contributed by atoms with Gasteiger partial charge in [0.1, 0.15) is 11.5 Å². The smallest absolute Gasteiger partial charge is 0.508 e. The van der Waals surface area contributed by atoms with E-state index < -0.39 is 0 Å². The molecule has 3 aliphatic carbocycles. The van der Waals surface area contributed by atoms with Crippen LogP contribution in [-0.2, 0) is 11.2 Å². The summed E-state index contributed by atoms with van der Waals surface area (Å²) in [5, 5.41) is 9.67. The Labute approximate surface area is 121 Å². The minimum Gasteiger partial charge on any atom is -0.508 e. The van der Waals surface area contributed by atoms with Crippen LogP contribution < -0.4 is 0 Å². The van der Waals surface area contributed by atoms with Crippen molar-refractivity contribution in [3.05, 3.63) is 29.3 Å². The lowest BCUT2D eigenvalue weighted by Gasteiger charge is -2.48. The molecule has 106 valence electrons. The van der Waals surface area contributed by atoms with Crippen LogP contribution in [0.1, 0.15) is 57.5 Å². The first-order valence-electron chi connectivity index (χ1n) is 7.95. The summed E-state index contributed by atoms with van der Waals surface area (Å²) >= 11 is 0. The second-order valence-corrected chi connectivity index (χ2v) is 7.22. The van der Waals surface area contributed by atoms with E-state index in [1.165, 1.54) is 17.5 Å². The van der Waals surface area contributed by atoms with Crippen LogP contribution in [0, 0.1) is 17.3 Å². The van der Waals surface area contributed by atoms with Crippen LogP contribution in [0.2, 0.25) is 0 Å². The van der Waals surface area contributed by atoms with Gasteiger partial charge < -0.3 is 5.11 Å². The number of phenols is 1. The van der Waals surface area contributed by atoms with E-state index in [9.17, 15) is 9.90 Å². The van der Waals surface area contributed by atoms with Crippen LogP contribution in [-0.4, -0.2) is 10.9 Å². The first-order chi connectivity index (χ1) is 9.59. The van der Waals surface area contributed by atoms with Gasteiger partial charge in [0.2, 0.25) is 0 Å². The summed E-state index contributed by atoms with van der Waals surface area (Å²) in [5.41, 5.74) is 2.75. The van der Waals surface area contributed by atoms with Crippen molar-refractivity contribution in [1.82, 2.24) is 0 Å². The van der Waals surface area contributed by atoms with Crippen molar-refractivity contribution in [3.63, 3.8) is 0 Å². The van der Waals surface area contributed by atoms with Crippen LogP contribution in [0.25, 0.3) is 0 Å². The number of aryl methyl sites for hydroxylation is 1. The van der Waals surface area contributed by atoms with Gasteiger partial charge in [-0.15, -0.1) is 0 Å². The van der Waals surface area contributed by atoms with Gasteiger partial charge >= 0.3 is 1.43 Å². The fourth-order valence-corrected chi connectivity index (χ4v) is 5.34. The molecule has 0 unspecified atom stereocenters.